The van der Waals surface area contributed by atoms with Gasteiger partial charge in [0.25, 0.3) is 0 Å². The maximum atomic E-state index is 12.7. The van der Waals surface area contributed by atoms with Crippen LogP contribution in [0.3, 0.4) is 0 Å². The molecule has 1 aromatic carbocycles. The average Bonchev–Trinajstić information content (AvgIpc) is 3.34. The molecule has 0 atom stereocenters. The van der Waals surface area contributed by atoms with Gasteiger partial charge in [0.15, 0.2) is 23.1 Å². The maximum Gasteiger partial charge on any atom is 0.227 e. The van der Waals surface area contributed by atoms with Gasteiger partial charge in [0, 0.05) is 43.2 Å². The molecule has 9 nitrogen and oxygen atoms in total. The number of ether oxygens (including phenoxy) is 2. The Morgan fingerprint density at radius 2 is 1.77 bits per heavy atom. The smallest absolute Gasteiger partial charge is 0.227 e. The van der Waals surface area contributed by atoms with Gasteiger partial charge >= 0.3 is 0 Å². The fourth-order valence-electron chi connectivity index (χ4n) is 3.54. The second-order valence-corrected chi connectivity index (χ2v) is 7.02. The van der Waals surface area contributed by atoms with Gasteiger partial charge in [-0.3, -0.25) is 4.79 Å². The van der Waals surface area contributed by atoms with Gasteiger partial charge in [-0.1, -0.05) is 0 Å². The largest absolute Gasteiger partial charge is 0.493 e. The fourth-order valence-corrected chi connectivity index (χ4v) is 3.54. The van der Waals surface area contributed by atoms with Crippen molar-refractivity contribution in [1.29, 1.82) is 0 Å². The third-order valence-corrected chi connectivity index (χ3v) is 5.22. The van der Waals surface area contributed by atoms with Crippen molar-refractivity contribution >= 4 is 17.4 Å². The Balaban J connectivity index is 1.33. The van der Waals surface area contributed by atoms with Crippen LogP contribution in [0.1, 0.15) is 12.8 Å². The zero-order chi connectivity index (χ0) is 20.9. The van der Waals surface area contributed by atoms with Crippen LogP contribution in [0.15, 0.2) is 48.8 Å². The average molecular weight is 408 g/mol. The van der Waals surface area contributed by atoms with E-state index in [0.29, 0.717) is 23.0 Å². The van der Waals surface area contributed by atoms with Crippen molar-refractivity contribution in [1.82, 2.24) is 20.0 Å². The summed E-state index contributed by atoms with van der Waals surface area (Å²) in [5.41, 5.74) is 0.695. The number of nitrogens with zero attached hydrogens (tertiary/aromatic N) is 5. The van der Waals surface area contributed by atoms with Gasteiger partial charge in [-0.2, -0.15) is 5.10 Å². The number of aromatic nitrogens is 4. The Hall–Kier alpha value is -3.62. The fraction of sp³-hybridized carbons (Fsp3) is 0.333. The van der Waals surface area contributed by atoms with E-state index in [2.05, 4.69) is 25.5 Å². The first kappa shape index (κ1) is 19.7. The Morgan fingerprint density at radius 1 is 1.03 bits per heavy atom. The third kappa shape index (κ3) is 4.19. The van der Waals surface area contributed by atoms with Crippen molar-refractivity contribution in [3.8, 4) is 17.3 Å². The molecule has 3 aromatic rings. The molecule has 1 fully saturated rings. The van der Waals surface area contributed by atoms with Crippen molar-refractivity contribution in [3.05, 3.63) is 48.8 Å². The zero-order valence-corrected chi connectivity index (χ0v) is 17.0. The molecule has 1 aliphatic heterocycles. The molecule has 1 aliphatic rings. The molecule has 30 heavy (non-hydrogen) atoms. The Labute approximate surface area is 174 Å². The number of carbonyl (C=O) groups excluding carboxylic acids is 1. The Kier molecular flexibility index (Phi) is 5.78. The molecule has 3 heterocycles. The Bertz CT molecular complexity index is 982. The maximum absolute atomic E-state index is 12.7. The van der Waals surface area contributed by atoms with E-state index in [0.717, 1.165) is 31.7 Å². The summed E-state index contributed by atoms with van der Waals surface area (Å²) in [4.78, 5) is 14.9. The number of hydrogen-bond donors (Lipinski definition) is 1. The van der Waals surface area contributed by atoms with Crippen molar-refractivity contribution in [2.24, 2.45) is 5.92 Å². The molecule has 0 saturated carbocycles. The number of anilines is 2. The molecule has 0 unspecified atom stereocenters. The molecule has 0 bridgehead atoms. The van der Waals surface area contributed by atoms with E-state index in [1.54, 1.807) is 37.2 Å². The molecule has 0 spiro atoms. The zero-order valence-electron chi connectivity index (χ0n) is 17.0. The van der Waals surface area contributed by atoms with E-state index in [9.17, 15) is 4.79 Å². The standard InChI is InChI=1S/C21H24N6O3/c1-29-17-5-4-16(14-18(17)30-2)23-21(28)15-8-12-26(13-9-15)19-6-7-20(25-24-19)27-11-3-10-22-27/h3-7,10-11,14-15H,8-9,12-13H2,1-2H3,(H,23,28). The topological polar surface area (TPSA) is 94.4 Å². The number of amides is 1. The van der Waals surface area contributed by atoms with E-state index < -0.39 is 0 Å². The first-order valence-electron chi connectivity index (χ1n) is 9.79. The molecule has 1 amide bonds. The highest BCUT2D eigenvalue weighted by molar-refractivity contribution is 5.93. The lowest BCUT2D eigenvalue weighted by molar-refractivity contribution is -0.120. The van der Waals surface area contributed by atoms with Gasteiger partial charge in [0.1, 0.15) is 0 Å². The molecule has 9 heteroatoms. The van der Waals surface area contributed by atoms with E-state index in [1.807, 2.05) is 30.5 Å². The van der Waals surface area contributed by atoms with Gasteiger partial charge in [-0.25, -0.2) is 4.68 Å². The van der Waals surface area contributed by atoms with E-state index in [4.69, 9.17) is 9.47 Å². The number of nitrogens with one attached hydrogen (secondary N) is 1. The van der Waals surface area contributed by atoms with Gasteiger partial charge in [0.05, 0.1) is 14.2 Å². The molecule has 4 rings (SSSR count). The highest BCUT2D eigenvalue weighted by Crippen LogP contribution is 2.30. The van der Waals surface area contributed by atoms with Gasteiger partial charge in [-0.05, 0) is 43.2 Å². The number of carbonyl (C=O) groups is 1. The number of rotatable bonds is 6. The molecule has 2 aromatic heterocycles. The van der Waals surface area contributed by atoms with Crippen molar-refractivity contribution in [2.45, 2.75) is 12.8 Å². The van der Waals surface area contributed by atoms with Crippen LogP contribution >= 0.6 is 0 Å². The number of methoxy groups -OCH3 is 2. The van der Waals surface area contributed by atoms with E-state index in [1.165, 1.54) is 0 Å². The molecule has 0 radical (unpaired) electrons. The molecule has 1 saturated heterocycles. The van der Waals surface area contributed by atoms with Crippen LogP contribution in [0.4, 0.5) is 11.5 Å². The van der Waals surface area contributed by atoms with Crippen molar-refractivity contribution in [2.75, 3.05) is 37.5 Å². The van der Waals surface area contributed by atoms with Crippen LogP contribution in [-0.2, 0) is 4.79 Å². The predicted molar refractivity (Wildman–Crippen MR) is 112 cm³/mol. The number of hydrogen-bond acceptors (Lipinski definition) is 7. The first-order chi connectivity index (χ1) is 14.7. The summed E-state index contributed by atoms with van der Waals surface area (Å²) in [6, 6.07) is 11.0. The molecule has 156 valence electrons. The molecule has 1 N–H and O–H groups in total. The third-order valence-electron chi connectivity index (χ3n) is 5.22. The highest BCUT2D eigenvalue weighted by atomic mass is 16.5. The van der Waals surface area contributed by atoms with Crippen LogP contribution in [0.2, 0.25) is 0 Å². The summed E-state index contributed by atoms with van der Waals surface area (Å²) in [5, 5.41) is 15.7. The van der Waals surface area contributed by atoms with Crippen LogP contribution in [-0.4, -0.2) is 53.2 Å². The second kappa shape index (κ2) is 8.81. The SMILES string of the molecule is COc1ccc(NC(=O)C2CCN(c3ccc(-n4cccn4)nn3)CC2)cc1OC. The van der Waals surface area contributed by atoms with Crippen LogP contribution < -0.4 is 19.7 Å². The highest BCUT2D eigenvalue weighted by Gasteiger charge is 2.26. The van der Waals surface area contributed by atoms with Crippen LogP contribution in [0, 0.1) is 5.92 Å². The summed E-state index contributed by atoms with van der Waals surface area (Å²) in [5.74, 6) is 2.66. The minimum absolute atomic E-state index is 0.0157. The first-order valence-corrected chi connectivity index (χ1v) is 9.79. The van der Waals surface area contributed by atoms with Crippen LogP contribution in [0.5, 0.6) is 11.5 Å². The minimum atomic E-state index is -0.0503. The van der Waals surface area contributed by atoms with Crippen molar-refractivity contribution in [3.63, 3.8) is 0 Å². The summed E-state index contributed by atoms with van der Waals surface area (Å²) in [6.07, 6.45) is 5.03. The van der Waals surface area contributed by atoms with Crippen molar-refractivity contribution < 1.29 is 14.3 Å². The van der Waals surface area contributed by atoms with E-state index in [-0.39, 0.29) is 11.8 Å². The quantitative estimate of drug-likeness (QED) is 0.670. The monoisotopic (exact) mass is 408 g/mol. The Morgan fingerprint density at radius 3 is 2.40 bits per heavy atom. The lowest BCUT2D eigenvalue weighted by Crippen LogP contribution is -2.38. The molecular formula is C21H24N6O3. The second-order valence-electron chi connectivity index (χ2n) is 7.02. The lowest BCUT2D eigenvalue weighted by atomic mass is 9.96. The predicted octanol–water partition coefficient (Wildman–Crippen LogP) is 2.53. The number of benzene rings is 1. The summed E-state index contributed by atoms with van der Waals surface area (Å²) >= 11 is 0. The van der Waals surface area contributed by atoms with Gasteiger partial charge < -0.3 is 19.7 Å². The van der Waals surface area contributed by atoms with Gasteiger partial charge in [0.2, 0.25) is 5.91 Å². The minimum Gasteiger partial charge on any atom is -0.493 e. The lowest BCUT2D eigenvalue weighted by Gasteiger charge is -2.31. The normalized spacial score (nSPS) is 14.4. The summed E-state index contributed by atoms with van der Waals surface area (Å²) in [6.45, 7) is 1.50. The molecular weight excluding hydrogens is 384 g/mol. The van der Waals surface area contributed by atoms with Crippen LogP contribution in [0.25, 0.3) is 5.82 Å². The van der Waals surface area contributed by atoms with Gasteiger partial charge in [-0.15, -0.1) is 10.2 Å². The molecule has 0 aliphatic carbocycles. The number of piperidine rings is 1. The summed E-state index contributed by atoms with van der Waals surface area (Å²) in [7, 11) is 3.16. The summed E-state index contributed by atoms with van der Waals surface area (Å²) < 4.78 is 12.2. The van der Waals surface area contributed by atoms with E-state index >= 15 is 0 Å².